The van der Waals surface area contributed by atoms with Gasteiger partial charge in [0, 0.05) is 26.0 Å². The van der Waals surface area contributed by atoms with Gasteiger partial charge in [-0.25, -0.2) is 4.98 Å². The van der Waals surface area contributed by atoms with Crippen LogP contribution in [0.4, 0.5) is 5.82 Å². The molecule has 1 atom stereocenters. The lowest BCUT2D eigenvalue weighted by Crippen LogP contribution is -2.37. The van der Waals surface area contributed by atoms with Crippen molar-refractivity contribution in [1.82, 2.24) is 24.9 Å². The van der Waals surface area contributed by atoms with Crippen molar-refractivity contribution in [3.8, 4) is 0 Å². The topological polar surface area (TPSA) is 58.4 Å². The summed E-state index contributed by atoms with van der Waals surface area (Å²) in [6, 6.07) is 0. The van der Waals surface area contributed by atoms with Gasteiger partial charge in [-0.05, 0) is 38.8 Å². The first kappa shape index (κ1) is 12.3. The van der Waals surface area contributed by atoms with Crippen LogP contribution in [-0.2, 0) is 0 Å². The number of nitrogens with zero attached hydrogens (tertiary/aromatic N) is 5. The molecule has 1 aliphatic heterocycles. The molecule has 0 bridgehead atoms. The molecule has 102 valence electrons. The number of hydrogen-bond donors (Lipinski definition) is 1. The van der Waals surface area contributed by atoms with Gasteiger partial charge in [-0.1, -0.05) is 0 Å². The quantitative estimate of drug-likeness (QED) is 0.887. The van der Waals surface area contributed by atoms with Gasteiger partial charge in [0.15, 0.2) is 5.82 Å². The molecule has 0 spiro atoms. The third kappa shape index (κ3) is 2.40. The minimum absolute atomic E-state index is 0.685. The molecule has 0 saturated carbocycles. The first-order valence-corrected chi connectivity index (χ1v) is 6.84. The zero-order valence-corrected chi connectivity index (χ0v) is 11.5. The Labute approximate surface area is 112 Å². The Morgan fingerprint density at radius 3 is 3.16 bits per heavy atom. The van der Waals surface area contributed by atoms with Gasteiger partial charge in [-0.15, -0.1) is 10.2 Å². The molecule has 19 heavy (non-hydrogen) atoms. The zero-order chi connectivity index (χ0) is 13.2. The lowest BCUT2D eigenvalue weighted by Gasteiger charge is -2.28. The number of piperidine rings is 1. The Morgan fingerprint density at radius 2 is 2.37 bits per heavy atom. The second-order valence-electron chi connectivity index (χ2n) is 5.28. The molecule has 1 unspecified atom stereocenters. The summed E-state index contributed by atoms with van der Waals surface area (Å²) in [5.74, 6) is 2.49. The van der Waals surface area contributed by atoms with E-state index in [1.807, 2.05) is 23.7 Å². The average molecular weight is 260 g/mol. The monoisotopic (exact) mass is 260 g/mol. The SMILES string of the molecule is Cc1nnc2c(N(C)CC3CCCNC3)nccn12. The Hall–Kier alpha value is -1.69. The molecule has 2 aromatic rings. The highest BCUT2D eigenvalue weighted by molar-refractivity contribution is 5.63. The van der Waals surface area contributed by atoms with E-state index in [0.29, 0.717) is 5.92 Å². The average Bonchev–Trinajstić information content (AvgIpc) is 2.82. The number of nitrogens with one attached hydrogen (secondary N) is 1. The molecule has 1 saturated heterocycles. The Morgan fingerprint density at radius 1 is 1.47 bits per heavy atom. The lowest BCUT2D eigenvalue weighted by molar-refractivity contribution is 0.380. The predicted octanol–water partition coefficient (Wildman–Crippen LogP) is 0.869. The van der Waals surface area contributed by atoms with Gasteiger partial charge in [-0.2, -0.15) is 0 Å². The molecule has 2 aromatic heterocycles. The molecular formula is C13H20N6. The van der Waals surface area contributed by atoms with E-state index in [0.717, 1.165) is 36.9 Å². The molecule has 1 aliphatic rings. The summed E-state index contributed by atoms with van der Waals surface area (Å²) >= 11 is 0. The van der Waals surface area contributed by atoms with Gasteiger partial charge in [0.2, 0.25) is 5.65 Å². The second kappa shape index (κ2) is 5.13. The van der Waals surface area contributed by atoms with Crippen molar-refractivity contribution in [2.24, 2.45) is 5.92 Å². The molecule has 6 heteroatoms. The largest absolute Gasteiger partial charge is 0.356 e. The maximum absolute atomic E-state index is 4.47. The van der Waals surface area contributed by atoms with E-state index in [1.165, 1.54) is 12.8 Å². The fourth-order valence-electron chi connectivity index (χ4n) is 2.75. The summed E-state index contributed by atoms with van der Waals surface area (Å²) in [7, 11) is 2.08. The Balaban J connectivity index is 1.82. The smallest absolute Gasteiger partial charge is 0.203 e. The number of rotatable bonds is 3. The van der Waals surface area contributed by atoms with Crippen LogP contribution in [0.1, 0.15) is 18.7 Å². The molecule has 6 nitrogen and oxygen atoms in total. The molecule has 0 aromatic carbocycles. The van der Waals surface area contributed by atoms with Crippen molar-refractivity contribution in [3.05, 3.63) is 18.2 Å². The maximum atomic E-state index is 4.47. The number of fused-ring (bicyclic) bond motifs is 1. The molecule has 0 amide bonds. The van der Waals surface area contributed by atoms with Crippen LogP contribution in [0.25, 0.3) is 5.65 Å². The number of hydrogen-bond acceptors (Lipinski definition) is 5. The molecule has 1 fully saturated rings. The Kier molecular flexibility index (Phi) is 3.33. The van der Waals surface area contributed by atoms with E-state index in [-0.39, 0.29) is 0 Å². The minimum atomic E-state index is 0.685. The van der Waals surface area contributed by atoms with Crippen LogP contribution in [0, 0.1) is 12.8 Å². The van der Waals surface area contributed by atoms with E-state index >= 15 is 0 Å². The number of aryl methyl sites for hydroxylation is 1. The fourth-order valence-corrected chi connectivity index (χ4v) is 2.75. The summed E-state index contributed by atoms with van der Waals surface area (Å²) in [6.07, 6.45) is 6.27. The molecule has 3 heterocycles. The van der Waals surface area contributed by atoms with Crippen molar-refractivity contribution in [1.29, 1.82) is 0 Å². The van der Waals surface area contributed by atoms with Crippen LogP contribution >= 0.6 is 0 Å². The highest BCUT2D eigenvalue weighted by atomic mass is 15.3. The third-order valence-corrected chi connectivity index (χ3v) is 3.77. The third-order valence-electron chi connectivity index (χ3n) is 3.77. The second-order valence-corrected chi connectivity index (χ2v) is 5.28. The van der Waals surface area contributed by atoms with Crippen molar-refractivity contribution in [3.63, 3.8) is 0 Å². The molecule has 0 aliphatic carbocycles. The fraction of sp³-hybridized carbons (Fsp3) is 0.615. The van der Waals surface area contributed by atoms with Gasteiger partial charge in [0.25, 0.3) is 0 Å². The van der Waals surface area contributed by atoms with Gasteiger partial charge < -0.3 is 10.2 Å². The van der Waals surface area contributed by atoms with Gasteiger partial charge in [0.1, 0.15) is 5.82 Å². The van der Waals surface area contributed by atoms with Crippen LogP contribution in [-0.4, -0.2) is 46.3 Å². The van der Waals surface area contributed by atoms with Gasteiger partial charge in [0.05, 0.1) is 0 Å². The standard InChI is InChI=1S/C13H20N6/c1-10-16-17-13-12(15-6-7-19(10)13)18(2)9-11-4-3-5-14-8-11/h6-7,11,14H,3-5,8-9H2,1-2H3. The van der Waals surface area contributed by atoms with Crippen molar-refractivity contribution < 1.29 is 0 Å². The van der Waals surface area contributed by atoms with Gasteiger partial charge in [-0.3, -0.25) is 4.40 Å². The zero-order valence-electron chi connectivity index (χ0n) is 11.5. The van der Waals surface area contributed by atoms with Crippen LogP contribution in [0.15, 0.2) is 12.4 Å². The predicted molar refractivity (Wildman–Crippen MR) is 74.4 cm³/mol. The van der Waals surface area contributed by atoms with Crippen molar-refractivity contribution in [2.45, 2.75) is 19.8 Å². The summed E-state index contributed by atoms with van der Waals surface area (Å²) in [6.45, 7) is 5.21. The van der Waals surface area contributed by atoms with E-state index in [4.69, 9.17) is 0 Å². The minimum Gasteiger partial charge on any atom is -0.356 e. The summed E-state index contributed by atoms with van der Waals surface area (Å²) in [5, 5.41) is 11.8. The van der Waals surface area contributed by atoms with E-state index in [2.05, 4.69) is 32.4 Å². The van der Waals surface area contributed by atoms with Crippen molar-refractivity contribution >= 4 is 11.5 Å². The molecule has 3 rings (SSSR count). The van der Waals surface area contributed by atoms with Crippen LogP contribution in [0.5, 0.6) is 0 Å². The van der Waals surface area contributed by atoms with E-state index < -0.39 is 0 Å². The maximum Gasteiger partial charge on any atom is 0.203 e. The summed E-state index contributed by atoms with van der Waals surface area (Å²) in [4.78, 5) is 6.66. The Bertz CT molecular complexity index is 557. The van der Waals surface area contributed by atoms with Crippen molar-refractivity contribution in [2.75, 3.05) is 31.6 Å². The van der Waals surface area contributed by atoms with E-state index in [1.54, 1.807) is 0 Å². The first-order chi connectivity index (χ1) is 9.25. The number of anilines is 1. The molecule has 0 radical (unpaired) electrons. The van der Waals surface area contributed by atoms with Crippen LogP contribution in [0.3, 0.4) is 0 Å². The number of aromatic nitrogens is 4. The molecular weight excluding hydrogens is 240 g/mol. The highest BCUT2D eigenvalue weighted by Gasteiger charge is 2.18. The first-order valence-electron chi connectivity index (χ1n) is 6.84. The summed E-state index contributed by atoms with van der Waals surface area (Å²) in [5.41, 5.74) is 0.839. The van der Waals surface area contributed by atoms with Crippen LogP contribution < -0.4 is 10.2 Å². The normalized spacial score (nSPS) is 19.8. The van der Waals surface area contributed by atoms with Gasteiger partial charge >= 0.3 is 0 Å². The van der Waals surface area contributed by atoms with E-state index in [9.17, 15) is 0 Å². The van der Waals surface area contributed by atoms with Crippen LogP contribution in [0.2, 0.25) is 0 Å². The summed E-state index contributed by atoms with van der Waals surface area (Å²) < 4.78 is 1.98. The molecule has 1 N–H and O–H groups in total. The highest BCUT2D eigenvalue weighted by Crippen LogP contribution is 2.19. The lowest BCUT2D eigenvalue weighted by atomic mass is 9.99.